The summed E-state index contributed by atoms with van der Waals surface area (Å²) in [6.45, 7) is 2.70. The molecule has 0 saturated carbocycles. The maximum atomic E-state index is 13.3. The number of pyridine rings is 1. The van der Waals surface area contributed by atoms with E-state index in [1.807, 2.05) is 24.9 Å². The summed E-state index contributed by atoms with van der Waals surface area (Å²) in [5, 5.41) is 14.1. The van der Waals surface area contributed by atoms with Gasteiger partial charge in [0.05, 0.1) is 42.9 Å². The fourth-order valence-electron chi connectivity index (χ4n) is 3.25. The van der Waals surface area contributed by atoms with E-state index >= 15 is 0 Å². The quantitative estimate of drug-likeness (QED) is 0.685. The number of benzene rings is 1. The lowest BCUT2D eigenvalue weighted by atomic mass is 10.2. The van der Waals surface area contributed by atoms with E-state index in [2.05, 4.69) is 25.9 Å². The molecule has 1 aliphatic rings. The second kappa shape index (κ2) is 7.46. The Morgan fingerprint density at radius 2 is 1.97 bits per heavy atom. The maximum Gasteiger partial charge on any atom is 0.243 e. The largest absolute Gasteiger partial charge is 0.364 e. The highest BCUT2D eigenvalue weighted by molar-refractivity contribution is 6.02. The lowest BCUT2D eigenvalue weighted by Gasteiger charge is -2.28. The summed E-state index contributed by atoms with van der Waals surface area (Å²) >= 11 is 0. The standard InChI is InChI=1S/C19H19F2N7O/c1-11-19-16(27(2)10-18(29)24-19)6-17(23-11)22-7-15-9-28(26-25-15)8-12-3-13(20)5-14(21)4-12/h3-6,9H,7-8,10H2,1-2H3,(H,22,23)(H,24,29). The van der Waals surface area contributed by atoms with Crippen LogP contribution in [0.15, 0.2) is 30.5 Å². The van der Waals surface area contributed by atoms with E-state index in [0.717, 1.165) is 11.8 Å². The number of anilines is 3. The van der Waals surface area contributed by atoms with Crippen LogP contribution in [0.3, 0.4) is 0 Å². The normalized spacial score (nSPS) is 13.2. The summed E-state index contributed by atoms with van der Waals surface area (Å²) in [4.78, 5) is 18.0. The number of aromatic nitrogens is 4. The van der Waals surface area contributed by atoms with Gasteiger partial charge in [0.1, 0.15) is 23.1 Å². The monoisotopic (exact) mass is 399 g/mol. The number of nitrogens with zero attached hydrogens (tertiary/aromatic N) is 5. The van der Waals surface area contributed by atoms with Crippen LogP contribution in [0, 0.1) is 18.6 Å². The van der Waals surface area contributed by atoms with Gasteiger partial charge >= 0.3 is 0 Å². The third-order valence-corrected chi connectivity index (χ3v) is 4.54. The third-order valence-electron chi connectivity index (χ3n) is 4.54. The number of likely N-dealkylation sites (N-methyl/N-ethyl adjacent to an activating group) is 1. The summed E-state index contributed by atoms with van der Waals surface area (Å²) in [6.07, 6.45) is 1.70. The molecule has 0 radical (unpaired) electrons. The van der Waals surface area contributed by atoms with Gasteiger partial charge in [0.2, 0.25) is 5.91 Å². The van der Waals surface area contributed by atoms with Crippen molar-refractivity contribution in [2.45, 2.75) is 20.0 Å². The summed E-state index contributed by atoms with van der Waals surface area (Å²) in [7, 11) is 1.85. The molecule has 1 aromatic carbocycles. The number of amides is 1. The van der Waals surface area contributed by atoms with Crippen LogP contribution in [0.25, 0.3) is 0 Å². The molecule has 8 nitrogen and oxygen atoms in total. The van der Waals surface area contributed by atoms with Crippen molar-refractivity contribution in [1.29, 1.82) is 0 Å². The molecule has 0 unspecified atom stereocenters. The molecule has 3 aromatic rings. The minimum atomic E-state index is -0.628. The van der Waals surface area contributed by atoms with Gasteiger partial charge in [0.15, 0.2) is 0 Å². The van der Waals surface area contributed by atoms with Crippen molar-refractivity contribution in [2.75, 3.05) is 29.1 Å². The molecule has 2 aromatic heterocycles. The van der Waals surface area contributed by atoms with Gasteiger partial charge in [-0.05, 0) is 24.6 Å². The molecule has 0 spiro atoms. The number of halogens is 2. The first-order valence-corrected chi connectivity index (χ1v) is 8.98. The van der Waals surface area contributed by atoms with Crippen LogP contribution in [0.1, 0.15) is 17.0 Å². The van der Waals surface area contributed by atoms with E-state index in [1.165, 1.54) is 16.8 Å². The molecule has 0 aliphatic carbocycles. The molecule has 0 saturated heterocycles. The first kappa shape index (κ1) is 18.8. The van der Waals surface area contributed by atoms with Crippen molar-refractivity contribution >= 4 is 23.1 Å². The van der Waals surface area contributed by atoms with Crippen molar-refractivity contribution in [3.8, 4) is 0 Å². The molecule has 0 atom stereocenters. The van der Waals surface area contributed by atoms with E-state index < -0.39 is 11.6 Å². The zero-order valence-electron chi connectivity index (χ0n) is 15.9. The fourth-order valence-corrected chi connectivity index (χ4v) is 3.25. The maximum absolute atomic E-state index is 13.3. The van der Waals surface area contributed by atoms with Crippen LogP contribution in [0.4, 0.5) is 26.0 Å². The SMILES string of the molecule is Cc1nc(NCc2cn(Cc3cc(F)cc(F)c3)nn2)cc2c1NC(=O)CN2C. The highest BCUT2D eigenvalue weighted by atomic mass is 19.1. The van der Waals surface area contributed by atoms with Crippen LogP contribution < -0.4 is 15.5 Å². The van der Waals surface area contributed by atoms with E-state index in [-0.39, 0.29) is 19.0 Å². The van der Waals surface area contributed by atoms with Gasteiger partial charge in [-0.1, -0.05) is 5.21 Å². The third kappa shape index (κ3) is 4.15. The van der Waals surface area contributed by atoms with Gasteiger partial charge in [-0.15, -0.1) is 5.10 Å². The second-order valence-electron chi connectivity index (χ2n) is 6.93. The van der Waals surface area contributed by atoms with Crippen LogP contribution >= 0.6 is 0 Å². The van der Waals surface area contributed by atoms with E-state index in [4.69, 9.17) is 0 Å². The minimum Gasteiger partial charge on any atom is -0.364 e. The number of nitrogens with one attached hydrogen (secondary N) is 2. The number of aryl methyl sites for hydroxylation is 1. The van der Waals surface area contributed by atoms with Crippen molar-refractivity contribution in [3.63, 3.8) is 0 Å². The van der Waals surface area contributed by atoms with Gasteiger partial charge in [0.25, 0.3) is 0 Å². The predicted octanol–water partition coefficient (Wildman–Crippen LogP) is 2.31. The van der Waals surface area contributed by atoms with E-state index in [0.29, 0.717) is 35.0 Å². The minimum absolute atomic E-state index is 0.0691. The van der Waals surface area contributed by atoms with Crippen molar-refractivity contribution in [2.24, 2.45) is 0 Å². The average Bonchev–Trinajstić information content (AvgIpc) is 3.07. The van der Waals surface area contributed by atoms with Crippen molar-refractivity contribution in [1.82, 2.24) is 20.0 Å². The zero-order chi connectivity index (χ0) is 20.5. The molecule has 1 aliphatic heterocycles. The Balaban J connectivity index is 1.44. The Labute approximate surface area is 165 Å². The topological polar surface area (TPSA) is 88.0 Å². The molecular weight excluding hydrogens is 380 g/mol. The number of carbonyl (C=O) groups excluding carboxylic acids is 1. The molecule has 2 N–H and O–H groups in total. The highest BCUT2D eigenvalue weighted by Gasteiger charge is 2.22. The summed E-state index contributed by atoms with van der Waals surface area (Å²) in [5.74, 6) is -0.680. The fraction of sp³-hybridized carbons (Fsp3) is 0.263. The summed E-state index contributed by atoms with van der Waals surface area (Å²) in [6, 6.07) is 5.22. The Morgan fingerprint density at radius 1 is 1.21 bits per heavy atom. The Morgan fingerprint density at radius 3 is 2.72 bits per heavy atom. The van der Waals surface area contributed by atoms with Crippen molar-refractivity contribution in [3.05, 3.63) is 59.0 Å². The molecule has 4 rings (SSSR count). The van der Waals surface area contributed by atoms with Gasteiger partial charge in [-0.3, -0.25) is 4.79 Å². The summed E-state index contributed by atoms with van der Waals surface area (Å²) < 4.78 is 28.1. The van der Waals surface area contributed by atoms with Crippen LogP contribution in [0.5, 0.6) is 0 Å². The van der Waals surface area contributed by atoms with Gasteiger partial charge < -0.3 is 15.5 Å². The second-order valence-corrected chi connectivity index (χ2v) is 6.93. The Bertz CT molecular complexity index is 1060. The Hall–Kier alpha value is -3.56. The van der Waals surface area contributed by atoms with E-state index in [1.54, 1.807) is 6.20 Å². The smallest absolute Gasteiger partial charge is 0.243 e. The van der Waals surface area contributed by atoms with Crippen LogP contribution in [-0.4, -0.2) is 39.5 Å². The number of rotatable bonds is 5. The zero-order valence-corrected chi connectivity index (χ0v) is 15.9. The number of carbonyl (C=O) groups is 1. The molecule has 150 valence electrons. The van der Waals surface area contributed by atoms with Crippen LogP contribution in [0.2, 0.25) is 0 Å². The number of fused-ring (bicyclic) bond motifs is 1. The average molecular weight is 399 g/mol. The molecule has 3 heterocycles. The molecule has 0 fully saturated rings. The van der Waals surface area contributed by atoms with Crippen LogP contribution in [-0.2, 0) is 17.9 Å². The molecule has 10 heteroatoms. The van der Waals surface area contributed by atoms with Crippen molar-refractivity contribution < 1.29 is 13.6 Å². The first-order chi connectivity index (χ1) is 13.9. The van der Waals surface area contributed by atoms with Gasteiger partial charge in [0, 0.05) is 19.2 Å². The molecular formula is C19H19F2N7O. The number of hydrogen-bond acceptors (Lipinski definition) is 6. The van der Waals surface area contributed by atoms with Gasteiger partial charge in [-0.25, -0.2) is 18.4 Å². The lowest BCUT2D eigenvalue weighted by Crippen LogP contribution is -2.36. The van der Waals surface area contributed by atoms with Gasteiger partial charge in [-0.2, -0.15) is 0 Å². The van der Waals surface area contributed by atoms with E-state index in [9.17, 15) is 13.6 Å². The predicted molar refractivity (Wildman–Crippen MR) is 104 cm³/mol. The first-order valence-electron chi connectivity index (χ1n) is 8.98. The highest BCUT2D eigenvalue weighted by Crippen LogP contribution is 2.32. The molecule has 1 amide bonds. The summed E-state index contributed by atoms with van der Waals surface area (Å²) in [5.41, 5.74) is 3.42. The molecule has 29 heavy (non-hydrogen) atoms. The Kier molecular flexibility index (Phi) is 4.83. The number of hydrogen-bond donors (Lipinski definition) is 2. The lowest BCUT2D eigenvalue weighted by molar-refractivity contribution is -0.115. The molecule has 0 bridgehead atoms.